The maximum absolute atomic E-state index is 13.0. The normalized spacial score (nSPS) is 16.9. The number of anilines is 2. The van der Waals surface area contributed by atoms with Gasteiger partial charge in [0.2, 0.25) is 5.95 Å². The van der Waals surface area contributed by atoms with Gasteiger partial charge in [-0.05, 0) is 61.8 Å². The minimum atomic E-state index is -0.658. The van der Waals surface area contributed by atoms with Gasteiger partial charge in [-0.3, -0.25) is 0 Å². The van der Waals surface area contributed by atoms with Gasteiger partial charge in [0.1, 0.15) is 5.82 Å². The summed E-state index contributed by atoms with van der Waals surface area (Å²) in [7, 11) is 0. The standard InChI is InChI=1S/C18H20FN5O/c19-14-2-4-15(5-3-14)21-17-22-16-6-1-13(12-24(16)23-17)11-18(25)7-9-20-10-8-18/h1-6,12,20,25H,7-11H2,(H,21,23). The topological polar surface area (TPSA) is 74.5 Å². The van der Waals surface area contributed by atoms with Crippen LogP contribution >= 0.6 is 0 Å². The fraction of sp³-hybridized carbons (Fsp3) is 0.333. The van der Waals surface area contributed by atoms with Crippen LogP contribution in [0.2, 0.25) is 0 Å². The Morgan fingerprint density at radius 2 is 1.92 bits per heavy atom. The van der Waals surface area contributed by atoms with Gasteiger partial charge < -0.3 is 15.7 Å². The van der Waals surface area contributed by atoms with E-state index in [1.54, 1.807) is 16.6 Å². The quantitative estimate of drug-likeness (QED) is 0.679. The lowest BCUT2D eigenvalue weighted by molar-refractivity contribution is 0.0108. The molecule has 0 amide bonds. The van der Waals surface area contributed by atoms with Crippen molar-refractivity contribution >= 4 is 17.3 Å². The van der Waals surface area contributed by atoms with Crippen LogP contribution in [0.5, 0.6) is 0 Å². The number of nitrogens with zero attached hydrogens (tertiary/aromatic N) is 3. The number of aliphatic hydroxyl groups is 1. The number of rotatable bonds is 4. The summed E-state index contributed by atoms with van der Waals surface area (Å²) >= 11 is 0. The van der Waals surface area contributed by atoms with Gasteiger partial charge in [-0.1, -0.05) is 6.07 Å². The van der Waals surface area contributed by atoms with Crippen LogP contribution in [0.4, 0.5) is 16.0 Å². The molecule has 0 unspecified atom stereocenters. The smallest absolute Gasteiger partial charge is 0.247 e. The van der Waals surface area contributed by atoms with Crippen molar-refractivity contribution in [2.24, 2.45) is 0 Å². The van der Waals surface area contributed by atoms with E-state index in [-0.39, 0.29) is 5.82 Å². The fourth-order valence-electron chi connectivity index (χ4n) is 3.19. The van der Waals surface area contributed by atoms with Crippen molar-refractivity contribution in [3.8, 4) is 0 Å². The molecule has 4 rings (SSSR count). The van der Waals surface area contributed by atoms with Crippen LogP contribution in [0.25, 0.3) is 5.65 Å². The number of hydrogen-bond acceptors (Lipinski definition) is 5. The van der Waals surface area contributed by atoms with Crippen LogP contribution in [-0.2, 0) is 6.42 Å². The Morgan fingerprint density at radius 3 is 2.68 bits per heavy atom. The van der Waals surface area contributed by atoms with Gasteiger partial charge in [-0.25, -0.2) is 8.91 Å². The van der Waals surface area contributed by atoms with Crippen LogP contribution in [0, 0.1) is 5.82 Å². The highest BCUT2D eigenvalue weighted by Crippen LogP contribution is 2.23. The number of halogens is 1. The molecule has 0 aliphatic carbocycles. The molecule has 1 saturated heterocycles. The zero-order valence-corrected chi connectivity index (χ0v) is 13.7. The van der Waals surface area contributed by atoms with E-state index < -0.39 is 5.60 Å². The molecule has 0 atom stereocenters. The summed E-state index contributed by atoms with van der Waals surface area (Å²) in [6.07, 6.45) is 4.00. The van der Waals surface area contributed by atoms with E-state index in [4.69, 9.17) is 0 Å². The molecule has 25 heavy (non-hydrogen) atoms. The molecule has 6 nitrogen and oxygen atoms in total. The minimum absolute atomic E-state index is 0.283. The SMILES string of the molecule is OC1(Cc2ccc3nc(Nc4ccc(F)cc4)nn3c2)CCNCC1. The molecule has 130 valence electrons. The second-order valence-electron chi connectivity index (χ2n) is 6.56. The van der Waals surface area contributed by atoms with Crippen molar-refractivity contribution in [3.63, 3.8) is 0 Å². The van der Waals surface area contributed by atoms with Gasteiger partial charge in [0.25, 0.3) is 0 Å². The minimum Gasteiger partial charge on any atom is -0.389 e. The molecular formula is C18H20FN5O. The van der Waals surface area contributed by atoms with Crippen LogP contribution in [0.3, 0.4) is 0 Å². The Kier molecular flexibility index (Phi) is 4.10. The number of pyridine rings is 1. The summed E-state index contributed by atoms with van der Waals surface area (Å²) in [5.74, 6) is 0.165. The van der Waals surface area contributed by atoms with E-state index in [9.17, 15) is 9.50 Å². The molecule has 0 spiro atoms. The number of nitrogens with one attached hydrogen (secondary N) is 2. The number of fused-ring (bicyclic) bond motifs is 1. The second kappa shape index (κ2) is 6.42. The van der Waals surface area contributed by atoms with Crippen molar-refractivity contribution < 1.29 is 9.50 Å². The average molecular weight is 341 g/mol. The van der Waals surface area contributed by atoms with Crippen LogP contribution in [-0.4, -0.2) is 38.4 Å². The molecule has 7 heteroatoms. The number of aromatic nitrogens is 3. The predicted octanol–water partition coefficient (Wildman–Crippen LogP) is 2.27. The van der Waals surface area contributed by atoms with E-state index in [0.717, 1.165) is 37.2 Å². The molecule has 2 aromatic heterocycles. The first-order valence-corrected chi connectivity index (χ1v) is 8.41. The Bertz CT molecular complexity index is 871. The Morgan fingerprint density at radius 1 is 1.16 bits per heavy atom. The summed E-state index contributed by atoms with van der Waals surface area (Å²) in [5.41, 5.74) is 1.80. The highest BCUT2D eigenvalue weighted by atomic mass is 19.1. The van der Waals surface area contributed by atoms with Gasteiger partial charge in [0.05, 0.1) is 5.60 Å². The first-order valence-electron chi connectivity index (χ1n) is 8.41. The van der Waals surface area contributed by atoms with Crippen molar-refractivity contribution in [1.82, 2.24) is 19.9 Å². The number of hydrogen-bond donors (Lipinski definition) is 3. The monoisotopic (exact) mass is 341 g/mol. The van der Waals surface area contributed by atoms with Gasteiger partial charge in [-0.15, -0.1) is 5.10 Å². The lowest BCUT2D eigenvalue weighted by atomic mass is 9.86. The van der Waals surface area contributed by atoms with Crippen LogP contribution < -0.4 is 10.6 Å². The van der Waals surface area contributed by atoms with Gasteiger partial charge in [0, 0.05) is 18.3 Å². The number of benzene rings is 1. The van der Waals surface area contributed by atoms with E-state index in [0.29, 0.717) is 18.0 Å². The third-order valence-electron chi connectivity index (χ3n) is 4.56. The summed E-state index contributed by atoms with van der Waals surface area (Å²) in [6, 6.07) is 9.92. The Labute approximate surface area is 144 Å². The molecule has 3 aromatic rings. The maximum Gasteiger partial charge on any atom is 0.247 e. The second-order valence-corrected chi connectivity index (χ2v) is 6.56. The average Bonchev–Trinajstić information content (AvgIpc) is 2.99. The van der Waals surface area contributed by atoms with Crippen molar-refractivity contribution in [1.29, 1.82) is 0 Å². The summed E-state index contributed by atoms with van der Waals surface area (Å²) in [5, 5.41) is 21.4. The van der Waals surface area contributed by atoms with E-state index in [1.165, 1.54) is 12.1 Å². The molecule has 1 aliphatic rings. The van der Waals surface area contributed by atoms with Gasteiger partial charge in [-0.2, -0.15) is 4.98 Å². The van der Waals surface area contributed by atoms with E-state index in [2.05, 4.69) is 20.7 Å². The maximum atomic E-state index is 13.0. The first kappa shape index (κ1) is 16.0. The molecule has 3 N–H and O–H groups in total. The third kappa shape index (κ3) is 3.62. The first-order chi connectivity index (χ1) is 12.1. The molecule has 1 aromatic carbocycles. The van der Waals surface area contributed by atoms with Crippen molar-refractivity contribution in [2.45, 2.75) is 24.9 Å². The van der Waals surface area contributed by atoms with E-state index >= 15 is 0 Å². The zero-order valence-electron chi connectivity index (χ0n) is 13.7. The Hall–Kier alpha value is -2.51. The largest absolute Gasteiger partial charge is 0.389 e. The predicted molar refractivity (Wildman–Crippen MR) is 93.4 cm³/mol. The molecular weight excluding hydrogens is 321 g/mol. The molecule has 0 radical (unpaired) electrons. The summed E-state index contributed by atoms with van der Waals surface area (Å²) in [4.78, 5) is 4.41. The van der Waals surface area contributed by atoms with Crippen LogP contribution in [0.15, 0.2) is 42.6 Å². The third-order valence-corrected chi connectivity index (χ3v) is 4.56. The molecule has 0 saturated carbocycles. The zero-order chi connectivity index (χ0) is 17.3. The highest BCUT2D eigenvalue weighted by Gasteiger charge is 2.29. The lowest BCUT2D eigenvalue weighted by Gasteiger charge is -2.32. The number of piperidine rings is 1. The Balaban J connectivity index is 1.53. The molecule has 1 fully saturated rings. The van der Waals surface area contributed by atoms with Crippen molar-refractivity contribution in [2.75, 3.05) is 18.4 Å². The van der Waals surface area contributed by atoms with Crippen LogP contribution in [0.1, 0.15) is 18.4 Å². The lowest BCUT2D eigenvalue weighted by Crippen LogP contribution is -2.43. The summed E-state index contributed by atoms with van der Waals surface area (Å²) < 4.78 is 14.7. The fourth-order valence-corrected chi connectivity index (χ4v) is 3.19. The van der Waals surface area contributed by atoms with E-state index in [1.807, 2.05) is 18.3 Å². The van der Waals surface area contributed by atoms with Gasteiger partial charge >= 0.3 is 0 Å². The highest BCUT2D eigenvalue weighted by molar-refractivity contribution is 5.55. The van der Waals surface area contributed by atoms with Gasteiger partial charge in [0.15, 0.2) is 5.65 Å². The summed E-state index contributed by atoms with van der Waals surface area (Å²) in [6.45, 7) is 1.68. The molecule has 1 aliphatic heterocycles. The molecule has 0 bridgehead atoms. The molecule has 3 heterocycles. The van der Waals surface area contributed by atoms with Crippen molar-refractivity contribution in [3.05, 3.63) is 54.0 Å².